The zero-order chi connectivity index (χ0) is 25.5. The van der Waals surface area contributed by atoms with Gasteiger partial charge in [0, 0.05) is 0 Å². The Morgan fingerprint density at radius 1 is 0.972 bits per heavy atom. The van der Waals surface area contributed by atoms with E-state index in [-0.39, 0.29) is 18.4 Å². The summed E-state index contributed by atoms with van der Waals surface area (Å²) in [7, 11) is 3.05. The molecule has 1 heterocycles. The summed E-state index contributed by atoms with van der Waals surface area (Å²) in [5.74, 6) is 0.922. The summed E-state index contributed by atoms with van der Waals surface area (Å²) in [6.07, 6.45) is 1.77. The van der Waals surface area contributed by atoms with E-state index in [9.17, 15) is 9.59 Å². The van der Waals surface area contributed by atoms with Crippen molar-refractivity contribution >= 4 is 51.9 Å². The second kappa shape index (κ2) is 11.7. The Morgan fingerprint density at radius 2 is 1.69 bits per heavy atom. The van der Waals surface area contributed by atoms with Crippen LogP contribution in [0.5, 0.6) is 17.2 Å². The lowest BCUT2D eigenvalue weighted by molar-refractivity contribution is -0.122. The predicted octanol–water partition coefficient (Wildman–Crippen LogP) is 5.12. The summed E-state index contributed by atoms with van der Waals surface area (Å²) in [6, 6.07) is 22.1. The number of thiocarbonyl (C=S) groups is 1. The topological polar surface area (TPSA) is 77.1 Å². The van der Waals surface area contributed by atoms with Crippen LogP contribution >= 0.6 is 24.0 Å². The van der Waals surface area contributed by atoms with Gasteiger partial charge >= 0.3 is 0 Å². The average Bonchev–Trinajstić information content (AvgIpc) is 3.16. The van der Waals surface area contributed by atoms with E-state index in [1.54, 1.807) is 47.4 Å². The van der Waals surface area contributed by atoms with Crippen LogP contribution in [0.25, 0.3) is 6.08 Å². The van der Waals surface area contributed by atoms with Gasteiger partial charge in [-0.25, -0.2) is 0 Å². The summed E-state index contributed by atoms with van der Waals surface area (Å²) in [5.41, 5.74) is 2.31. The quantitative estimate of drug-likeness (QED) is 0.310. The number of nitrogens with zero attached hydrogens (tertiary/aromatic N) is 1. The molecule has 0 radical (unpaired) electrons. The van der Waals surface area contributed by atoms with Crippen LogP contribution in [0.2, 0.25) is 0 Å². The second-order valence-electron chi connectivity index (χ2n) is 7.70. The molecule has 3 aromatic rings. The lowest BCUT2D eigenvalue weighted by Crippen LogP contribution is -2.27. The van der Waals surface area contributed by atoms with Gasteiger partial charge in [-0.05, 0) is 41.5 Å². The normalized spacial score (nSPS) is 14.2. The maximum absolute atomic E-state index is 13.0. The van der Waals surface area contributed by atoms with Gasteiger partial charge in [0.1, 0.15) is 10.1 Å². The minimum absolute atomic E-state index is 0.138. The Kier molecular flexibility index (Phi) is 8.24. The van der Waals surface area contributed by atoms with Crippen LogP contribution in [0.1, 0.15) is 11.1 Å². The molecule has 3 aromatic carbocycles. The second-order valence-corrected chi connectivity index (χ2v) is 9.38. The first kappa shape index (κ1) is 25.3. The largest absolute Gasteiger partial charge is 0.495 e. The van der Waals surface area contributed by atoms with Crippen LogP contribution < -0.4 is 19.5 Å². The van der Waals surface area contributed by atoms with Gasteiger partial charge in [-0.2, -0.15) is 0 Å². The van der Waals surface area contributed by atoms with Crippen LogP contribution in [-0.4, -0.2) is 41.9 Å². The van der Waals surface area contributed by atoms with Crippen molar-refractivity contribution in [2.45, 2.75) is 6.54 Å². The van der Waals surface area contributed by atoms with Crippen LogP contribution in [0.3, 0.4) is 0 Å². The smallest absolute Gasteiger partial charge is 0.266 e. The third-order valence-corrected chi connectivity index (χ3v) is 6.66. The van der Waals surface area contributed by atoms with Gasteiger partial charge in [0.05, 0.1) is 31.4 Å². The third-order valence-electron chi connectivity index (χ3n) is 5.28. The predicted molar refractivity (Wildman–Crippen MR) is 145 cm³/mol. The molecule has 7 nitrogen and oxygen atoms in total. The molecule has 0 atom stereocenters. The Morgan fingerprint density at radius 3 is 2.44 bits per heavy atom. The van der Waals surface area contributed by atoms with Gasteiger partial charge in [0.15, 0.2) is 18.1 Å². The number of thioether (sulfide) groups is 1. The van der Waals surface area contributed by atoms with Gasteiger partial charge in [-0.15, -0.1) is 0 Å². The fourth-order valence-electron chi connectivity index (χ4n) is 3.52. The fourth-order valence-corrected chi connectivity index (χ4v) is 4.78. The zero-order valence-corrected chi connectivity index (χ0v) is 21.4. The first-order valence-electron chi connectivity index (χ1n) is 11.0. The number of anilines is 1. The molecular formula is C27H24N2O5S2. The first-order chi connectivity index (χ1) is 17.5. The fraction of sp³-hybridized carbons (Fsp3) is 0.148. The van der Waals surface area contributed by atoms with Gasteiger partial charge in [-0.1, -0.05) is 72.5 Å². The number of benzene rings is 3. The number of carbonyl (C=O) groups is 2. The minimum atomic E-state index is -0.340. The molecule has 0 spiro atoms. The molecule has 1 saturated heterocycles. The molecular weight excluding hydrogens is 496 g/mol. The molecule has 1 N–H and O–H groups in total. The molecule has 184 valence electrons. The van der Waals surface area contributed by atoms with Crippen LogP contribution in [0.15, 0.2) is 77.7 Å². The number of rotatable bonds is 9. The van der Waals surface area contributed by atoms with Crippen molar-refractivity contribution in [2.24, 2.45) is 0 Å². The molecule has 0 aliphatic carbocycles. The number of methoxy groups -OCH3 is 2. The van der Waals surface area contributed by atoms with Crippen molar-refractivity contribution in [3.63, 3.8) is 0 Å². The third kappa shape index (κ3) is 6.05. The Balaban J connectivity index is 1.42. The van der Waals surface area contributed by atoms with Crippen LogP contribution in [0.4, 0.5) is 5.69 Å². The monoisotopic (exact) mass is 520 g/mol. The van der Waals surface area contributed by atoms with E-state index >= 15 is 0 Å². The molecule has 9 heteroatoms. The number of para-hydroxylation sites is 2. The molecule has 2 amide bonds. The summed E-state index contributed by atoms with van der Waals surface area (Å²) in [4.78, 5) is 27.5. The van der Waals surface area contributed by atoms with Crippen molar-refractivity contribution < 1.29 is 23.8 Å². The molecule has 0 unspecified atom stereocenters. The Bertz CT molecular complexity index is 1310. The maximum atomic E-state index is 13.0. The van der Waals surface area contributed by atoms with Crippen LogP contribution in [0, 0.1) is 0 Å². The molecule has 0 bridgehead atoms. The Labute approximate surface area is 219 Å². The average molecular weight is 521 g/mol. The standard InChI is InChI=1S/C27H24N2O5S2/c1-32-21-11-7-6-10-20(21)28-25(30)17-34-22-13-12-19(14-23(22)33-2)15-24-26(31)29(27(35)36-24)16-18-8-4-3-5-9-18/h3-15H,16-17H2,1-2H3,(H,28,30)/b24-15+. The molecule has 4 rings (SSSR count). The molecule has 1 aliphatic rings. The van der Waals surface area contributed by atoms with E-state index in [0.717, 1.165) is 11.1 Å². The molecule has 1 fully saturated rings. The number of carbonyl (C=O) groups excluding carboxylic acids is 2. The first-order valence-corrected chi connectivity index (χ1v) is 12.2. The number of hydrogen-bond acceptors (Lipinski definition) is 7. The Hall–Kier alpha value is -3.82. The van der Waals surface area contributed by atoms with Crippen LogP contribution in [-0.2, 0) is 16.1 Å². The van der Waals surface area contributed by atoms with Crippen molar-refractivity contribution in [3.05, 3.63) is 88.8 Å². The lowest BCUT2D eigenvalue weighted by Gasteiger charge is -2.14. The van der Waals surface area contributed by atoms with Crippen molar-refractivity contribution in [1.29, 1.82) is 0 Å². The summed E-state index contributed by atoms with van der Waals surface area (Å²) >= 11 is 6.70. The highest BCUT2D eigenvalue weighted by Gasteiger charge is 2.32. The maximum Gasteiger partial charge on any atom is 0.266 e. The highest BCUT2D eigenvalue weighted by molar-refractivity contribution is 8.26. The number of hydrogen-bond donors (Lipinski definition) is 1. The number of amides is 2. The van der Waals surface area contributed by atoms with E-state index in [0.29, 0.717) is 38.7 Å². The van der Waals surface area contributed by atoms with Crippen molar-refractivity contribution in [2.75, 3.05) is 26.1 Å². The molecule has 1 aliphatic heterocycles. The molecule has 0 aromatic heterocycles. The number of nitrogens with one attached hydrogen (secondary N) is 1. The van der Waals surface area contributed by atoms with E-state index in [4.69, 9.17) is 26.4 Å². The lowest BCUT2D eigenvalue weighted by atomic mass is 10.1. The molecule has 36 heavy (non-hydrogen) atoms. The highest BCUT2D eigenvalue weighted by atomic mass is 32.2. The van der Waals surface area contributed by atoms with E-state index in [1.165, 1.54) is 26.0 Å². The minimum Gasteiger partial charge on any atom is -0.495 e. The van der Waals surface area contributed by atoms with E-state index in [1.807, 2.05) is 36.4 Å². The number of ether oxygens (including phenoxy) is 3. The zero-order valence-electron chi connectivity index (χ0n) is 19.7. The summed E-state index contributed by atoms with van der Waals surface area (Å²) in [6.45, 7) is 0.210. The summed E-state index contributed by atoms with van der Waals surface area (Å²) < 4.78 is 16.9. The van der Waals surface area contributed by atoms with Gasteiger partial charge in [-0.3, -0.25) is 14.5 Å². The molecule has 0 saturated carbocycles. The van der Waals surface area contributed by atoms with Crippen molar-refractivity contribution in [3.8, 4) is 17.2 Å². The van der Waals surface area contributed by atoms with Gasteiger partial charge in [0.2, 0.25) is 0 Å². The highest BCUT2D eigenvalue weighted by Crippen LogP contribution is 2.35. The van der Waals surface area contributed by atoms with Crippen molar-refractivity contribution in [1.82, 2.24) is 4.90 Å². The van der Waals surface area contributed by atoms with Gasteiger partial charge < -0.3 is 19.5 Å². The van der Waals surface area contributed by atoms with E-state index < -0.39 is 0 Å². The van der Waals surface area contributed by atoms with E-state index in [2.05, 4.69) is 5.32 Å². The SMILES string of the molecule is COc1ccccc1NC(=O)COc1ccc(/C=C2/SC(=S)N(Cc3ccccc3)C2=O)cc1OC. The van der Waals surface area contributed by atoms with Gasteiger partial charge in [0.25, 0.3) is 11.8 Å². The summed E-state index contributed by atoms with van der Waals surface area (Å²) in [5, 5.41) is 2.76.